The quantitative estimate of drug-likeness (QED) is 0.218. The van der Waals surface area contributed by atoms with Crippen molar-refractivity contribution in [3.05, 3.63) is 94.6 Å². The molecule has 1 amide bonds. The van der Waals surface area contributed by atoms with E-state index in [-0.39, 0.29) is 17.7 Å². The van der Waals surface area contributed by atoms with Gasteiger partial charge in [-0.2, -0.15) is 0 Å². The zero-order valence-electron chi connectivity index (χ0n) is 25.0. The van der Waals surface area contributed by atoms with Gasteiger partial charge in [-0.25, -0.2) is 4.98 Å². The number of ether oxygens (including phenoxy) is 1. The molecule has 1 aliphatic carbocycles. The second-order valence-corrected chi connectivity index (χ2v) is 12.5. The summed E-state index contributed by atoms with van der Waals surface area (Å²) in [5, 5.41) is 3.17. The Kier molecular flexibility index (Phi) is 11.1. The van der Waals surface area contributed by atoms with Crippen LogP contribution in [0.1, 0.15) is 61.9 Å². The van der Waals surface area contributed by atoms with Crippen LogP contribution < -0.4 is 0 Å². The smallest absolute Gasteiger partial charge is 0.222 e. The fourth-order valence-corrected chi connectivity index (χ4v) is 6.75. The van der Waals surface area contributed by atoms with Crippen LogP contribution >= 0.6 is 11.3 Å². The third-order valence-electron chi connectivity index (χ3n) is 8.42. The van der Waals surface area contributed by atoms with Crippen LogP contribution in [0.2, 0.25) is 0 Å². The highest BCUT2D eigenvalue weighted by Gasteiger charge is 2.23. The van der Waals surface area contributed by atoms with Crippen LogP contribution in [0.25, 0.3) is 11.3 Å². The van der Waals surface area contributed by atoms with Gasteiger partial charge in [-0.3, -0.25) is 14.7 Å². The monoisotopic (exact) mass is 584 g/mol. The summed E-state index contributed by atoms with van der Waals surface area (Å²) in [5.74, 6) is 1.29. The highest BCUT2D eigenvalue weighted by molar-refractivity contribution is 7.10. The second kappa shape index (κ2) is 15.4. The highest BCUT2D eigenvalue weighted by atomic mass is 32.1. The van der Waals surface area contributed by atoms with Gasteiger partial charge in [0.15, 0.2) is 0 Å². The summed E-state index contributed by atoms with van der Waals surface area (Å²) in [4.78, 5) is 27.4. The van der Waals surface area contributed by atoms with Crippen LogP contribution in [0.3, 0.4) is 0 Å². The van der Waals surface area contributed by atoms with E-state index in [1.54, 1.807) is 17.5 Å². The molecule has 1 fully saturated rings. The molecule has 3 atom stereocenters. The molecular formula is C35H44N4O2S. The van der Waals surface area contributed by atoms with Gasteiger partial charge in [-0.15, -0.1) is 11.3 Å². The van der Waals surface area contributed by atoms with Gasteiger partial charge in [0.05, 0.1) is 23.9 Å². The standard InChI is InChI=1S/C35H44N4O2S/c1-27-8-6-11-30(24-27)32(29-9-4-3-5-10-29)15-17-39(19-18-38-20-22-41-23-21-38)34(40)14-13-28(2)35-37-33(26-42-35)31-12-7-16-36-25-31/h3-7,9-12,16,24-28,32H,8,13-15,17-23H2,1-2H3/t27?,28-,32?/m0/s1. The maximum atomic E-state index is 13.8. The van der Waals surface area contributed by atoms with Crippen LogP contribution in [0.5, 0.6) is 0 Å². The van der Waals surface area contributed by atoms with E-state index in [0.29, 0.717) is 12.3 Å². The zero-order valence-corrected chi connectivity index (χ0v) is 25.8. The summed E-state index contributed by atoms with van der Waals surface area (Å²) < 4.78 is 5.55. The summed E-state index contributed by atoms with van der Waals surface area (Å²) in [6, 6.07) is 14.8. The van der Waals surface area contributed by atoms with Gasteiger partial charge >= 0.3 is 0 Å². The molecule has 2 aliphatic rings. The average Bonchev–Trinajstić information content (AvgIpc) is 3.54. The molecule has 1 aromatic carbocycles. The molecule has 42 heavy (non-hydrogen) atoms. The van der Waals surface area contributed by atoms with Crippen molar-refractivity contribution in [2.24, 2.45) is 5.92 Å². The van der Waals surface area contributed by atoms with E-state index in [9.17, 15) is 4.79 Å². The number of rotatable bonds is 13. The maximum absolute atomic E-state index is 13.8. The topological polar surface area (TPSA) is 58.6 Å². The zero-order chi connectivity index (χ0) is 29.1. The Labute approximate surface area is 255 Å². The number of morpholine rings is 1. The minimum atomic E-state index is 0.224. The van der Waals surface area contributed by atoms with Crippen LogP contribution in [0, 0.1) is 5.92 Å². The number of carbonyl (C=O) groups excluding carboxylic acids is 1. The van der Waals surface area contributed by atoms with E-state index in [1.165, 1.54) is 11.1 Å². The van der Waals surface area contributed by atoms with Gasteiger partial charge in [0.25, 0.3) is 0 Å². The number of allylic oxidation sites excluding steroid dienone is 4. The molecule has 0 bridgehead atoms. The van der Waals surface area contributed by atoms with Crippen molar-refractivity contribution in [1.82, 2.24) is 19.8 Å². The molecule has 0 spiro atoms. The number of carbonyl (C=O) groups is 1. The van der Waals surface area contributed by atoms with Crippen molar-refractivity contribution < 1.29 is 9.53 Å². The first-order valence-electron chi connectivity index (χ1n) is 15.4. The minimum absolute atomic E-state index is 0.224. The summed E-state index contributed by atoms with van der Waals surface area (Å²) >= 11 is 1.67. The number of amides is 1. The fourth-order valence-electron chi connectivity index (χ4n) is 5.83. The van der Waals surface area contributed by atoms with E-state index in [2.05, 4.69) is 82.6 Å². The number of hydrogen-bond acceptors (Lipinski definition) is 6. The average molecular weight is 585 g/mol. The number of hydrogen-bond donors (Lipinski definition) is 0. The van der Waals surface area contributed by atoms with Crippen molar-refractivity contribution in [2.75, 3.05) is 45.9 Å². The van der Waals surface area contributed by atoms with Crippen molar-refractivity contribution in [3.8, 4) is 11.3 Å². The van der Waals surface area contributed by atoms with Crippen LogP contribution in [0.15, 0.2) is 84.0 Å². The molecule has 0 saturated carbocycles. The van der Waals surface area contributed by atoms with Gasteiger partial charge in [0, 0.05) is 74.3 Å². The van der Waals surface area contributed by atoms with E-state index >= 15 is 0 Å². The van der Waals surface area contributed by atoms with Crippen molar-refractivity contribution in [1.29, 1.82) is 0 Å². The molecule has 1 aliphatic heterocycles. The molecule has 3 aromatic rings. The van der Waals surface area contributed by atoms with Crippen LogP contribution in [-0.2, 0) is 9.53 Å². The van der Waals surface area contributed by atoms with Crippen LogP contribution in [0.4, 0.5) is 0 Å². The fraction of sp³-hybridized carbons (Fsp3) is 0.457. The number of nitrogens with zero attached hydrogens (tertiary/aromatic N) is 4. The summed E-state index contributed by atoms with van der Waals surface area (Å²) in [6.07, 6.45) is 14.0. The first kappa shape index (κ1) is 30.3. The number of aromatic nitrogens is 2. The maximum Gasteiger partial charge on any atom is 0.222 e. The molecule has 6 nitrogen and oxygen atoms in total. The Hall–Kier alpha value is -3.13. The Balaban J connectivity index is 1.25. The first-order valence-corrected chi connectivity index (χ1v) is 16.3. The van der Waals surface area contributed by atoms with Gasteiger partial charge < -0.3 is 9.64 Å². The summed E-state index contributed by atoms with van der Waals surface area (Å²) in [5.41, 5.74) is 4.69. The SMILES string of the molecule is CC1C=C(C(CCN(CCN2CCOCC2)C(=O)CC[C@H](C)c2nc(-c3cccnc3)cs2)c2ccccc2)C=CC1. The molecule has 5 rings (SSSR count). The molecule has 0 radical (unpaired) electrons. The lowest BCUT2D eigenvalue weighted by atomic mass is 9.83. The Bertz CT molecular complexity index is 1320. The third kappa shape index (κ3) is 8.46. The minimum Gasteiger partial charge on any atom is -0.379 e. The van der Waals surface area contributed by atoms with E-state index in [0.717, 1.165) is 81.5 Å². The lowest BCUT2D eigenvalue weighted by molar-refractivity contribution is -0.131. The van der Waals surface area contributed by atoms with Crippen molar-refractivity contribution in [2.45, 2.75) is 51.4 Å². The molecule has 0 N–H and O–H groups in total. The molecular weight excluding hydrogens is 540 g/mol. The van der Waals surface area contributed by atoms with Crippen molar-refractivity contribution in [3.63, 3.8) is 0 Å². The number of thiazole rings is 1. The Morgan fingerprint density at radius 3 is 2.71 bits per heavy atom. The molecule has 7 heteroatoms. The van der Waals surface area contributed by atoms with E-state index < -0.39 is 0 Å². The van der Waals surface area contributed by atoms with Gasteiger partial charge in [-0.1, -0.05) is 62.4 Å². The molecule has 3 heterocycles. The first-order chi connectivity index (χ1) is 20.6. The molecule has 2 aromatic heterocycles. The normalized spacial score (nSPS) is 18.8. The van der Waals surface area contributed by atoms with E-state index in [4.69, 9.17) is 9.72 Å². The Morgan fingerprint density at radius 1 is 1.12 bits per heavy atom. The largest absolute Gasteiger partial charge is 0.379 e. The summed E-state index contributed by atoms with van der Waals surface area (Å²) in [6.45, 7) is 10.3. The van der Waals surface area contributed by atoms with Gasteiger partial charge in [-0.05, 0) is 48.4 Å². The highest BCUT2D eigenvalue weighted by Crippen LogP contribution is 2.33. The van der Waals surface area contributed by atoms with E-state index in [1.807, 2.05) is 18.3 Å². The van der Waals surface area contributed by atoms with Crippen molar-refractivity contribution >= 4 is 17.2 Å². The Morgan fingerprint density at radius 2 is 1.95 bits per heavy atom. The summed E-state index contributed by atoms with van der Waals surface area (Å²) in [7, 11) is 0. The second-order valence-electron chi connectivity index (χ2n) is 11.6. The predicted octanol–water partition coefficient (Wildman–Crippen LogP) is 6.95. The predicted molar refractivity (Wildman–Crippen MR) is 172 cm³/mol. The number of pyridine rings is 1. The lowest BCUT2D eigenvalue weighted by Crippen LogP contribution is -2.43. The number of benzene rings is 1. The van der Waals surface area contributed by atoms with Crippen LogP contribution in [-0.4, -0.2) is 71.6 Å². The lowest BCUT2D eigenvalue weighted by Gasteiger charge is -2.31. The molecule has 222 valence electrons. The van der Waals surface area contributed by atoms with Gasteiger partial charge in [0.1, 0.15) is 0 Å². The third-order valence-corrected chi connectivity index (χ3v) is 9.50. The molecule has 1 saturated heterocycles. The van der Waals surface area contributed by atoms with Gasteiger partial charge in [0.2, 0.25) is 5.91 Å². The molecule has 2 unspecified atom stereocenters.